The largest absolute Gasteiger partial charge is 0.496 e. The van der Waals surface area contributed by atoms with Crippen molar-refractivity contribution in [2.24, 2.45) is 0 Å². The van der Waals surface area contributed by atoms with Gasteiger partial charge in [0.15, 0.2) is 0 Å². The van der Waals surface area contributed by atoms with Gasteiger partial charge in [0.1, 0.15) is 23.0 Å². The van der Waals surface area contributed by atoms with Gasteiger partial charge in [-0.05, 0) is 31.2 Å². The zero-order chi connectivity index (χ0) is 24.2. The average molecular weight is 456 g/mol. The molecule has 9 nitrogen and oxygen atoms in total. The lowest BCUT2D eigenvalue weighted by Crippen LogP contribution is -2.08. The standard InChI is InChI=1S/C24H28N2O7/c1-6-33-24(28)11-12-25-19-13-16(7-9-20(19)30-3)26-23(27)10-8-18-21(31-4)14-17(29-2)15-22(18)32-5/h7-15,25H,6H2,1-5H3,(H,26,27)/b10-8+,12-11-. The summed E-state index contributed by atoms with van der Waals surface area (Å²) in [6, 6.07) is 8.46. The van der Waals surface area contributed by atoms with Crippen molar-refractivity contribution in [3.8, 4) is 23.0 Å². The topological polar surface area (TPSA) is 104 Å². The van der Waals surface area contributed by atoms with Gasteiger partial charge in [-0.1, -0.05) is 0 Å². The first-order chi connectivity index (χ1) is 15.9. The highest BCUT2D eigenvalue weighted by Gasteiger charge is 2.12. The lowest BCUT2D eigenvalue weighted by atomic mass is 10.1. The lowest BCUT2D eigenvalue weighted by molar-refractivity contribution is -0.137. The van der Waals surface area contributed by atoms with Crippen molar-refractivity contribution in [2.45, 2.75) is 6.92 Å². The third-order valence-electron chi connectivity index (χ3n) is 4.37. The summed E-state index contributed by atoms with van der Waals surface area (Å²) in [5.41, 5.74) is 1.67. The summed E-state index contributed by atoms with van der Waals surface area (Å²) in [7, 11) is 6.11. The molecule has 0 radical (unpaired) electrons. The summed E-state index contributed by atoms with van der Waals surface area (Å²) in [5, 5.41) is 5.72. The Balaban J connectivity index is 2.17. The van der Waals surface area contributed by atoms with Gasteiger partial charge in [-0.2, -0.15) is 0 Å². The van der Waals surface area contributed by atoms with Crippen LogP contribution in [-0.2, 0) is 14.3 Å². The van der Waals surface area contributed by atoms with Crippen molar-refractivity contribution in [3.05, 3.63) is 54.2 Å². The molecule has 176 valence electrons. The predicted molar refractivity (Wildman–Crippen MR) is 126 cm³/mol. The Bertz CT molecular complexity index is 1010. The fourth-order valence-electron chi connectivity index (χ4n) is 2.83. The van der Waals surface area contributed by atoms with E-state index < -0.39 is 5.97 Å². The van der Waals surface area contributed by atoms with E-state index in [1.54, 1.807) is 50.4 Å². The molecule has 0 fully saturated rings. The molecule has 2 aromatic rings. The van der Waals surface area contributed by atoms with E-state index in [9.17, 15) is 9.59 Å². The summed E-state index contributed by atoms with van der Waals surface area (Å²) in [6.07, 6.45) is 5.65. The number of benzene rings is 2. The van der Waals surface area contributed by atoms with Gasteiger partial charge < -0.3 is 34.3 Å². The molecular weight excluding hydrogens is 428 g/mol. The third-order valence-corrected chi connectivity index (χ3v) is 4.37. The van der Waals surface area contributed by atoms with E-state index in [0.29, 0.717) is 39.9 Å². The number of carbonyl (C=O) groups excluding carboxylic acids is 2. The van der Waals surface area contributed by atoms with Gasteiger partial charge >= 0.3 is 5.97 Å². The van der Waals surface area contributed by atoms with Gasteiger partial charge in [-0.25, -0.2) is 4.79 Å². The van der Waals surface area contributed by atoms with Crippen LogP contribution in [0.5, 0.6) is 23.0 Å². The van der Waals surface area contributed by atoms with Crippen LogP contribution in [0.1, 0.15) is 12.5 Å². The Hall–Kier alpha value is -4.14. The Morgan fingerprint density at radius 1 is 0.879 bits per heavy atom. The van der Waals surface area contributed by atoms with E-state index in [1.807, 2.05) is 0 Å². The molecule has 33 heavy (non-hydrogen) atoms. The van der Waals surface area contributed by atoms with E-state index in [1.165, 1.54) is 39.7 Å². The minimum Gasteiger partial charge on any atom is -0.496 e. The average Bonchev–Trinajstić information content (AvgIpc) is 2.82. The number of amides is 1. The second kappa shape index (κ2) is 12.7. The molecule has 2 rings (SSSR count). The molecule has 0 bridgehead atoms. The molecule has 0 aromatic heterocycles. The molecule has 0 unspecified atom stereocenters. The van der Waals surface area contributed by atoms with Crippen LogP contribution in [0.15, 0.2) is 48.7 Å². The van der Waals surface area contributed by atoms with Crippen LogP contribution >= 0.6 is 0 Å². The van der Waals surface area contributed by atoms with Gasteiger partial charge in [0.05, 0.1) is 46.3 Å². The minimum absolute atomic E-state index is 0.288. The Labute approximate surface area is 192 Å². The fourth-order valence-corrected chi connectivity index (χ4v) is 2.83. The molecule has 2 aromatic carbocycles. The molecule has 0 aliphatic rings. The van der Waals surface area contributed by atoms with E-state index in [-0.39, 0.29) is 12.5 Å². The smallest absolute Gasteiger partial charge is 0.332 e. The van der Waals surface area contributed by atoms with Crippen molar-refractivity contribution in [2.75, 3.05) is 45.7 Å². The number of methoxy groups -OCH3 is 4. The van der Waals surface area contributed by atoms with E-state index in [0.717, 1.165) is 0 Å². The summed E-state index contributed by atoms with van der Waals surface area (Å²) >= 11 is 0. The molecule has 0 saturated heterocycles. The van der Waals surface area contributed by atoms with Crippen LogP contribution < -0.4 is 29.6 Å². The number of anilines is 2. The number of hydrogen-bond donors (Lipinski definition) is 2. The molecule has 0 aliphatic carbocycles. The maximum atomic E-state index is 12.5. The van der Waals surface area contributed by atoms with Crippen LogP contribution in [0, 0.1) is 0 Å². The molecule has 0 atom stereocenters. The highest BCUT2D eigenvalue weighted by Crippen LogP contribution is 2.35. The van der Waals surface area contributed by atoms with Crippen LogP contribution in [0.25, 0.3) is 6.08 Å². The lowest BCUT2D eigenvalue weighted by Gasteiger charge is -2.13. The molecule has 9 heteroatoms. The fraction of sp³-hybridized carbons (Fsp3) is 0.250. The van der Waals surface area contributed by atoms with Gasteiger partial charge in [-0.3, -0.25) is 4.79 Å². The Kier molecular flexibility index (Phi) is 9.63. The monoisotopic (exact) mass is 456 g/mol. The maximum Gasteiger partial charge on any atom is 0.332 e. The van der Waals surface area contributed by atoms with Crippen LogP contribution in [0.3, 0.4) is 0 Å². The van der Waals surface area contributed by atoms with Crippen molar-refractivity contribution < 1.29 is 33.3 Å². The van der Waals surface area contributed by atoms with E-state index >= 15 is 0 Å². The summed E-state index contributed by atoms with van der Waals surface area (Å²) in [4.78, 5) is 24.0. The zero-order valence-corrected chi connectivity index (χ0v) is 19.3. The zero-order valence-electron chi connectivity index (χ0n) is 19.3. The quantitative estimate of drug-likeness (QED) is 0.388. The first kappa shape index (κ1) is 25.1. The number of esters is 1. The third kappa shape index (κ3) is 7.20. The number of ether oxygens (including phenoxy) is 5. The van der Waals surface area contributed by atoms with E-state index in [2.05, 4.69) is 10.6 Å². The van der Waals surface area contributed by atoms with Gasteiger partial charge in [0.25, 0.3) is 0 Å². The number of nitrogens with one attached hydrogen (secondary N) is 2. The van der Waals surface area contributed by atoms with E-state index in [4.69, 9.17) is 23.7 Å². The van der Waals surface area contributed by atoms with Crippen molar-refractivity contribution >= 4 is 29.3 Å². The molecule has 0 saturated carbocycles. The first-order valence-electron chi connectivity index (χ1n) is 10.0. The number of hydrogen-bond acceptors (Lipinski definition) is 8. The highest BCUT2D eigenvalue weighted by atomic mass is 16.5. The second-order valence-corrected chi connectivity index (χ2v) is 6.41. The maximum absolute atomic E-state index is 12.5. The second-order valence-electron chi connectivity index (χ2n) is 6.41. The summed E-state index contributed by atoms with van der Waals surface area (Å²) in [6.45, 7) is 2.01. The normalized spacial score (nSPS) is 10.7. The Morgan fingerprint density at radius 2 is 1.55 bits per heavy atom. The van der Waals surface area contributed by atoms with Crippen molar-refractivity contribution in [3.63, 3.8) is 0 Å². The van der Waals surface area contributed by atoms with Crippen LogP contribution in [-0.4, -0.2) is 46.9 Å². The number of carbonyl (C=O) groups is 2. The first-order valence-corrected chi connectivity index (χ1v) is 10.0. The minimum atomic E-state index is -0.469. The number of rotatable bonds is 11. The highest BCUT2D eigenvalue weighted by molar-refractivity contribution is 6.02. The SMILES string of the molecule is CCOC(=O)/C=C\Nc1cc(NC(=O)/C=C/c2c(OC)cc(OC)cc2OC)ccc1OC. The molecule has 0 aliphatic heterocycles. The van der Waals surface area contributed by atoms with Gasteiger partial charge in [-0.15, -0.1) is 0 Å². The molecule has 0 heterocycles. The van der Waals surface area contributed by atoms with Crippen LogP contribution in [0.2, 0.25) is 0 Å². The van der Waals surface area contributed by atoms with Gasteiger partial charge in [0.2, 0.25) is 5.91 Å². The molecule has 0 spiro atoms. The van der Waals surface area contributed by atoms with Crippen LogP contribution in [0.4, 0.5) is 11.4 Å². The summed E-state index contributed by atoms with van der Waals surface area (Å²) < 4.78 is 26.2. The predicted octanol–water partition coefficient (Wildman–Crippen LogP) is 3.86. The summed E-state index contributed by atoms with van der Waals surface area (Å²) in [5.74, 6) is 1.26. The van der Waals surface area contributed by atoms with Crippen molar-refractivity contribution in [1.29, 1.82) is 0 Å². The molecule has 2 N–H and O–H groups in total. The van der Waals surface area contributed by atoms with Crippen molar-refractivity contribution in [1.82, 2.24) is 0 Å². The van der Waals surface area contributed by atoms with Gasteiger partial charge in [0, 0.05) is 36.2 Å². The Morgan fingerprint density at radius 3 is 2.12 bits per heavy atom. The molecule has 1 amide bonds. The molecular formula is C24H28N2O7.